The largest absolute Gasteiger partial charge is 0.481 e. The summed E-state index contributed by atoms with van der Waals surface area (Å²) >= 11 is 7.22. The molecule has 0 aliphatic rings. The number of rotatable bonds is 6. The lowest BCUT2D eigenvalue weighted by atomic mass is 10.2. The van der Waals surface area contributed by atoms with Gasteiger partial charge in [0.1, 0.15) is 0 Å². The monoisotopic (exact) mass is 302 g/mol. The number of halogens is 1. The summed E-state index contributed by atoms with van der Waals surface area (Å²) in [6.07, 6.45) is -0.601. The number of methoxy groups -OCH3 is 1. The topological polar surface area (TPSA) is 90.1 Å². The Balaban J connectivity index is 2.17. The van der Waals surface area contributed by atoms with Gasteiger partial charge >= 0.3 is 5.97 Å². The van der Waals surface area contributed by atoms with E-state index in [0.29, 0.717) is 10.2 Å². The number of carboxylic acid groups (broad SMARTS) is 1. The fraction of sp³-hybridized carbons (Fsp3) is 0.400. The van der Waals surface area contributed by atoms with E-state index in [4.69, 9.17) is 21.4 Å². The van der Waals surface area contributed by atoms with Gasteiger partial charge in [-0.15, -0.1) is 16.4 Å². The maximum atomic E-state index is 10.7. The third-order valence-electron chi connectivity index (χ3n) is 2.44. The van der Waals surface area contributed by atoms with Crippen LogP contribution in [0.15, 0.2) is 12.1 Å². The zero-order chi connectivity index (χ0) is 13.8. The quantitative estimate of drug-likeness (QED) is 0.870. The van der Waals surface area contributed by atoms with Crippen LogP contribution in [0.2, 0.25) is 4.34 Å². The van der Waals surface area contributed by atoms with Crippen LogP contribution in [0.4, 0.5) is 0 Å². The second-order valence-electron chi connectivity index (χ2n) is 3.74. The Labute approximate surface area is 117 Å². The van der Waals surface area contributed by atoms with Crippen LogP contribution in [0.5, 0.6) is 0 Å². The van der Waals surface area contributed by atoms with Crippen LogP contribution < -0.4 is 0 Å². The van der Waals surface area contributed by atoms with Crippen molar-refractivity contribution in [1.29, 1.82) is 0 Å². The number of ether oxygens (including phenoxy) is 1. The summed E-state index contributed by atoms with van der Waals surface area (Å²) in [7, 11) is 1.46. The summed E-state index contributed by atoms with van der Waals surface area (Å²) in [4.78, 5) is 11.5. The van der Waals surface area contributed by atoms with Crippen molar-refractivity contribution < 1.29 is 14.6 Å². The minimum atomic E-state index is -0.930. The Bertz CT molecular complexity index is 571. The molecule has 1 N–H and O–H groups in total. The van der Waals surface area contributed by atoms with Gasteiger partial charge in [0, 0.05) is 7.11 Å². The van der Waals surface area contributed by atoms with Crippen LogP contribution in [0.3, 0.4) is 0 Å². The molecule has 0 amide bonds. The summed E-state index contributed by atoms with van der Waals surface area (Å²) in [5.74, 6) is -0.384. The van der Waals surface area contributed by atoms with Crippen LogP contribution in [-0.4, -0.2) is 44.5 Å². The van der Waals surface area contributed by atoms with E-state index in [9.17, 15) is 4.79 Å². The summed E-state index contributed by atoms with van der Waals surface area (Å²) in [5.41, 5.74) is 0. The Kier molecular flexibility index (Phi) is 4.46. The van der Waals surface area contributed by atoms with Crippen molar-refractivity contribution >= 4 is 28.9 Å². The van der Waals surface area contributed by atoms with Gasteiger partial charge < -0.3 is 9.84 Å². The van der Waals surface area contributed by atoms with E-state index in [2.05, 4.69) is 15.5 Å². The first-order valence-corrected chi connectivity index (χ1v) is 6.56. The number of carbonyl (C=O) groups is 1. The zero-order valence-corrected chi connectivity index (χ0v) is 11.6. The van der Waals surface area contributed by atoms with E-state index in [1.54, 1.807) is 6.07 Å². The Hall–Kier alpha value is -1.51. The zero-order valence-electron chi connectivity index (χ0n) is 9.99. The van der Waals surface area contributed by atoms with Gasteiger partial charge in [-0.05, 0) is 22.6 Å². The number of aromatic nitrogens is 4. The lowest BCUT2D eigenvalue weighted by Crippen LogP contribution is -2.23. The van der Waals surface area contributed by atoms with E-state index < -0.39 is 12.1 Å². The van der Waals surface area contributed by atoms with Crippen LogP contribution in [0.1, 0.15) is 6.42 Å². The first-order valence-electron chi connectivity index (χ1n) is 5.36. The molecule has 0 aliphatic carbocycles. The standard InChI is InChI=1S/C10H11ClN4O3S/c1-18-6(4-9(16)17)5-15-10(12-13-14-15)7-2-3-8(11)19-7/h2-3,6H,4-5H2,1H3,(H,16,17). The first-order chi connectivity index (χ1) is 9.10. The Morgan fingerprint density at radius 3 is 3.00 bits per heavy atom. The summed E-state index contributed by atoms with van der Waals surface area (Å²) in [6, 6.07) is 3.57. The van der Waals surface area contributed by atoms with Crippen molar-refractivity contribution in [2.75, 3.05) is 7.11 Å². The second-order valence-corrected chi connectivity index (χ2v) is 5.46. The van der Waals surface area contributed by atoms with Crippen molar-refractivity contribution in [3.63, 3.8) is 0 Å². The number of tetrazole rings is 1. The average molecular weight is 303 g/mol. The number of nitrogens with zero attached hydrogens (tertiary/aromatic N) is 4. The van der Waals surface area contributed by atoms with Gasteiger partial charge in [0.05, 0.1) is 28.3 Å². The number of hydrogen-bond donors (Lipinski definition) is 1. The summed E-state index contributed by atoms with van der Waals surface area (Å²) < 4.78 is 7.26. The molecule has 102 valence electrons. The molecule has 0 spiro atoms. The molecular formula is C10H11ClN4O3S. The highest BCUT2D eigenvalue weighted by Crippen LogP contribution is 2.29. The van der Waals surface area contributed by atoms with Gasteiger partial charge in [0.25, 0.3) is 0 Å². The number of carboxylic acids is 1. The van der Waals surface area contributed by atoms with Crippen molar-refractivity contribution in [3.05, 3.63) is 16.5 Å². The summed E-state index contributed by atoms with van der Waals surface area (Å²) in [5, 5.41) is 20.1. The van der Waals surface area contributed by atoms with E-state index >= 15 is 0 Å². The third kappa shape index (κ3) is 3.49. The molecule has 2 aromatic rings. The van der Waals surface area contributed by atoms with Crippen LogP contribution in [0, 0.1) is 0 Å². The minimum Gasteiger partial charge on any atom is -0.481 e. The SMILES string of the molecule is COC(CC(=O)O)Cn1nnnc1-c1ccc(Cl)s1. The molecular weight excluding hydrogens is 292 g/mol. The van der Waals surface area contributed by atoms with Crippen LogP contribution >= 0.6 is 22.9 Å². The third-order valence-corrected chi connectivity index (χ3v) is 3.66. The molecule has 1 atom stereocenters. The molecule has 0 aliphatic heterocycles. The fourth-order valence-corrected chi connectivity index (χ4v) is 2.58. The summed E-state index contributed by atoms with van der Waals surface area (Å²) in [6.45, 7) is 0.265. The highest BCUT2D eigenvalue weighted by molar-refractivity contribution is 7.19. The normalized spacial score (nSPS) is 12.5. The smallest absolute Gasteiger partial charge is 0.306 e. The highest BCUT2D eigenvalue weighted by Gasteiger charge is 2.18. The van der Waals surface area contributed by atoms with Gasteiger partial charge in [-0.3, -0.25) is 4.79 Å². The van der Waals surface area contributed by atoms with Crippen molar-refractivity contribution in [3.8, 4) is 10.7 Å². The molecule has 7 nitrogen and oxygen atoms in total. The molecule has 9 heteroatoms. The molecule has 0 radical (unpaired) electrons. The van der Waals surface area contributed by atoms with E-state index in [-0.39, 0.29) is 13.0 Å². The van der Waals surface area contributed by atoms with Gasteiger partial charge in [0.2, 0.25) is 0 Å². The van der Waals surface area contributed by atoms with E-state index in [0.717, 1.165) is 4.88 Å². The van der Waals surface area contributed by atoms with E-state index in [1.165, 1.54) is 23.1 Å². The number of hydrogen-bond acceptors (Lipinski definition) is 6. The van der Waals surface area contributed by atoms with Gasteiger partial charge in [-0.1, -0.05) is 11.6 Å². The molecule has 19 heavy (non-hydrogen) atoms. The molecule has 0 aromatic carbocycles. The van der Waals surface area contributed by atoms with Gasteiger partial charge in [0.15, 0.2) is 5.82 Å². The molecule has 0 saturated carbocycles. The number of thiophene rings is 1. The molecule has 0 fully saturated rings. The molecule has 0 bridgehead atoms. The number of aliphatic carboxylic acids is 1. The first kappa shape index (κ1) is 13.9. The average Bonchev–Trinajstić information content (AvgIpc) is 2.96. The van der Waals surface area contributed by atoms with Crippen LogP contribution in [-0.2, 0) is 16.1 Å². The fourth-order valence-electron chi connectivity index (χ4n) is 1.55. The lowest BCUT2D eigenvalue weighted by Gasteiger charge is -2.13. The minimum absolute atomic E-state index is 0.110. The maximum Gasteiger partial charge on any atom is 0.306 e. The van der Waals surface area contributed by atoms with Crippen molar-refractivity contribution in [2.24, 2.45) is 0 Å². The molecule has 2 aromatic heterocycles. The molecule has 2 heterocycles. The van der Waals surface area contributed by atoms with Crippen molar-refractivity contribution in [2.45, 2.75) is 19.1 Å². The van der Waals surface area contributed by atoms with Crippen LogP contribution in [0.25, 0.3) is 10.7 Å². The Morgan fingerprint density at radius 2 is 2.42 bits per heavy atom. The van der Waals surface area contributed by atoms with E-state index in [1.807, 2.05) is 6.07 Å². The maximum absolute atomic E-state index is 10.7. The molecule has 2 rings (SSSR count). The second kappa shape index (κ2) is 6.09. The molecule has 1 unspecified atom stereocenters. The highest BCUT2D eigenvalue weighted by atomic mass is 35.5. The predicted octanol–water partition coefficient (Wildman–Crippen LogP) is 1.54. The van der Waals surface area contributed by atoms with Crippen molar-refractivity contribution in [1.82, 2.24) is 20.2 Å². The molecule has 0 saturated heterocycles. The van der Waals surface area contributed by atoms with Gasteiger partial charge in [-0.25, -0.2) is 4.68 Å². The predicted molar refractivity (Wildman–Crippen MR) is 69.2 cm³/mol. The lowest BCUT2D eigenvalue weighted by molar-refractivity contribution is -0.139. The van der Waals surface area contributed by atoms with Gasteiger partial charge in [-0.2, -0.15) is 0 Å². The Morgan fingerprint density at radius 1 is 1.63 bits per heavy atom.